The second-order valence-electron chi connectivity index (χ2n) is 4.87. The molecule has 0 aliphatic heterocycles. The summed E-state index contributed by atoms with van der Waals surface area (Å²) in [4.78, 5) is 7.05. The summed E-state index contributed by atoms with van der Waals surface area (Å²) in [6.07, 6.45) is 0. The highest BCUT2D eigenvalue weighted by molar-refractivity contribution is 5.70. The molecule has 0 saturated heterocycles. The lowest BCUT2D eigenvalue weighted by molar-refractivity contribution is -0.323. The number of aromatic amines is 1. The van der Waals surface area contributed by atoms with Crippen molar-refractivity contribution >= 4 is 0 Å². The van der Waals surface area contributed by atoms with Crippen LogP contribution in [0.2, 0.25) is 0 Å². The van der Waals surface area contributed by atoms with Gasteiger partial charge in [-0.25, -0.2) is 0 Å². The van der Waals surface area contributed by atoms with Gasteiger partial charge >= 0.3 is 5.97 Å². The van der Waals surface area contributed by atoms with Gasteiger partial charge in [0.1, 0.15) is 11.5 Å². The van der Waals surface area contributed by atoms with E-state index in [0.717, 1.165) is 5.56 Å². The molecule has 6 nitrogen and oxygen atoms in total. The third kappa shape index (κ3) is 2.71. The molecule has 6 heteroatoms. The molecule has 0 saturated carbocycles. The number of rotatable bonds is 3. The molecule has 0 aliphatic rings. The van der Waals surface area contributed by atoms with Crippen LogP contribution in [0.3, 0.4) is 0 Å². The highest BCUT2D eigenvalue weighted by atomic mass is 16.7. The molecule has 112 valence electrons. The number of aromatic nitrogens is 2. The molecule has 1 aromatic heterocycles. The summed E-state index contributed by atoms with van der Waals surface area (Å²) in [5, 5.41) is 37.7. The highest BCUT2D eigenvalue weighted by Crippen LogP contribution is 2.31. The van der Waals surface area contributed by atoms with E-state index in [9.17, 15) is 20.4 Å². The number of benzene rings is 2. The Hall–Kier alpha value is -2.67. The Kier molecular flexibility index (Phi) is 3.42. The van der Waals surface area contributed by atoms with Gasteiger partial charge in [0.2, 0.25) is 5.88 Å². The zero-order chi connectivity index (χ0) is 15.7. The normalized spacial score (nSPS) is 11.6. The fourth-order valence-corrected chi connectivity index (χ4v) is 2.18. The summed E-state index contributed by atoms with van der Waals surface area (Å²) in [6.45, 7) is 0. The summed E-state index contributed by atoms with van der Waals surface area (Å²) in [7, 11) is 0. The Morgan fingerprint density at radius 1 is 0.864 bits per heavy atom. The Bertz CT molecular complexity index is 791. The van der Waals surface area contributed by atoms with E-state index < -0.39 is 5.97 Å². The van der Waals surface area contributed by atoms with Crippen molar-refractivity contribution in [2.24, 2.45) is 0 Å². The molecule has 3 rings (SSSR count). The van der Waals surface area contributed by atoms with E-state index in [1.54, 1.807) is 6.07 Å². The van der Waals surface area contributed by atoms with Crippen LogP contribution in [0.15, 0.2) is 54.6 Å². The van der Waals surface area contributed by atoms with Gasteiger partial charge in [-0.15, -0.1) is 0 Å². The Balaban J connectivity index is 2.05. The van der Waals surface area contributed by atoms with Crippen molar-refractivity contribution in [2.75, 3.05) is 0 Å². The lowest BCUT2D eigenvalue weighted by Gasteiger charge is -2.14. The molecule has 0 unspecified atom stereocenters. The quantitative estimate of drug-likeness (QED) is 0.471. The molecular formula is C16H14N2O4. The molecule has 5 N–H and O–H groups in total. The lowest BCUT2D eigenvalue weighted by Crippen LogP contribution is -2.23. The minimum Gasteiger partial charge on any atom is -0.492 e. The van der Waals surface area contributed by atoms with Gasteiger partial charge in [-0.05, 0) is 6.07 Å². The molecule has 0 amide bonds. The van der Waals surface area contributed by atoms with E-state index in [-0.39, 0.29) is 11.4 Å². The van der Waals surface area contributed by atoms with Crippen LogP contribution in [0.4, 0.5) is 0 Å². The van der Waals surface area contributed by atoms with Gasteiger partial charge in [-0.2, -0.15) is 4.98 Å². The van der Waals surface area contributed by atoms with Crippen LogP contribution < -0.4 is 0 Å². The number of H-pyrrole nitrogens is 1. The van der Waals surface area contributed by atoms with Crippen LogP contribution >= 0.6 is 0 Å². The first kappa shape index (κ1) is 14.3. The van der Waals surface area contributed by atoms with Crippen LogP contribution in [0.25, 0.3) is 22.6 Å². The SMILES string of the molecule is Oc1nc(-c2ccccc2)[nH]c1-c1cccc(C(O)(O)O)c1. The van der Waals surface area contributed by atoms with Crippen LogP contribution in [0.5, 0.6) is 5.88 Å². The summed E-state index contributed by atoms with van der Waals surface area (Å²) >= 11 is 0. The topological polar surface area (TPSA) is 110 Å². The minimum absolute atomic E-state index is 0.111. The number of nitrogens with one attached hydrogen (secondary N) is 1. The Morgan fingerprint density at radius 2 is 1.55 bits per heavy atom. The summed E-state index contributed by atoms with van der Waals surface area (Å²) < 4.78 is 0. The maximum atomic E-state index is 10.0. The molecule has 0 atom stereocenters. The number of aromatic hydroxyl groups is 1. The number of aliphatic hydroxyl groups is 3. The van der Waals surface area contributed by atoms with Gasteiger partial charge in [-0.3, -0.25) is 0 Å². The standard InChI is InChI=1S/C16H14N2O4/c19-15-13(11-7-4-8-12(9-11)16(20,21)22)17-14(18-15)10-5-2-1-3-6-10/h1-9,19-22H,(H,17,18). The van der Waals surface area contributed by atoms with Crippen LogP contribution in [-0.2, 0) is 5.97 Å². The van der Waals surface area contributed by atoms with Crippen molar-refractivity contribution in [3.8, 4) is 28.5 Å². The van der Waals surface area contributed by atoms with Crippen LogP contribution in [0, 0.1) is 0 Å². The average molecular weight is 298 g/mol. The first-order valence-electron chi connectivity index (χ1n) is 6.57. The molecule has 2 aromatic carbocycles. The highest BCUT2D eigenvalue weighted by Gasteiger charge is 2.23. The van der Waals surface area contributed by atoms with Gasteiger partial charge in [0, 0.05) is 16.7 Å². The molecule has 1 heterocycles. The zero-order valence-electron chi connectivity index (χ0n) is 11.4. The van der Waals surface area contributed by atoms with Crippen LogP contribution in [-0.4, -0.2) is 30.4 Å². The van der Waals surface area contributed by atoms with Crippen molar-refractivity contribution in [3.63, 3.8) is 0 Å². The third-order valence-electron chi connectivity index (χ3n) is 3.27. The maximum Gasteiger partial charge on any atom is 0.304 e. The Labute approximate surface area is 126 Å². The molecule has 22 heavy (non-hydrogen) atoms. The molecule has 0 fully saturated rings. The fraction of sp³-hybridized carbons (Fsp3) is 0.0625. The average Bonchev–Trinajstić information content (AvgIpc) is 2.89. The van der Waals surface area contributed by atoms with Gasteiger partial charge in [-0.1, -0.05) is 48.5 Å². The summed E-state index contributed by atoms with van der Waals surface area (Å²) in [5.41, 5.74) is 1.48. The predicted octanol–water partition coefficient (Wildman–Crippen LogP) is 1.54. The van der Waals surface area contributed by atoms with Gasteiger partial charge in [0.15, 0.2) is 0 Å². The van der Waals surface area contributed by atoms with Crippen molar-refractivity contribution < 1.29 is 20.4 Å². The van der Waals surface area contributed by atoms with Crippen LogP contribution in [0.1, 0.15) is 5.56 Å². The lowest BCUT2D eigenvalue weighted by atomic mass is 10.1. The fourth-order valence-electron chi connectivity index (χ4n) is 2.18. The monoisotopic (exact) mass is 298 g/mol. The largest absolute Gasteiger partial charge is 0.492 e. The van der Waals surface area contributed by atoms with E-state index in [1.165, 1.54) is 18.2 Å². The van der Waals surface area contributed by atoms with Crippen molar-refractivity contribution in [2.45, 2.75) is 5.97 Å². The number of hydrogen-bond donors (Lipinski definition) is 5. The number of hydrogen-bond acceptors (Lipinski definition) is 5. The maximum absolute atomic E-state index is 10.0. The van der Waals surface area contributed by atoms with Crippen molar-refractivity contribution in [3.05, 3.63) is 60.2 Å². The molecule has 0 aliphatic carbocycles. The first-order chi connectivity index (χ1) is 10.4. The van der Waals surface area contributed by atoms with Gasteiger partial charge in [0.05, 0.1) is 0 Å². The Morgan fingerprint density at radius 3 is 2.23 bits per heavy atom. The van der Waals surface area contributed by atoms with Crippen molar-refractivity contribution in [1.82, 2.24) is 9.97 Å². The predicted molar refractivity (Wildman–Crippen MR) is 79.5 cm³/mol. The van der Waals surface area contributed by atoms with E-state index in [2.05, 4.69) is 9.97 Å². The third-order valence-corrected chi connectivity index (χ3v) is 3.27. The summed E-state index contributed by atoms with van der Waals surface area (Å²) in [6, 6.07) is 15.2. The van der Waals surface area contributed by atoms with Gasteiger partial charge < -0.3 is 25.4 Å². The number of nitrogens with zero attached hydrogens (tertiary/aromatic N) is 1. The first-order valence-corrected chi connectivity index (χ1v) is 6.57. The molecule has 0 radical (unpaired) electrons. The minimum atomic E-state index is -2.94. The molecular weight excluding hydrogens is 284 g/mol. The zero-order valence-corrected chi connectivity index (χ0v) is 11.4. The second kappa shape index (κ2) is 5.27. The molecule has 0 bridgehead atoms. The van der Waals surface area contributed by atoms with Gasteiger partial charge in [0.25, 0.3) is 0 Å². The molecule has 3 aromatic rings. The van der Waals surface area contributed by atoms with E-state index in [4.69, 9.17) is 0 Å². The summed E-state index contributed by atoms with van der Waals surface area (Å²) in [5.74, 6) is -2.66. The van der Waals surface area contributed by atoms with E-state index in [1.807, 2.05) is 30.3 Å². The second-order valence-corrected chi connectivity index (χ2v) is 4.87. The van der Waals surface area contributed by atoms with Crippen molar-refractivity contribution in [1.29, 1.82) is 0 Å². The van der Waals surface area contributed by atoms with E-state index in [0.29, 0.717) is 17.1 Å². The smallest absolute Gasteiger partial charge is 0.304 e. The molecule has 0 spiro atoms. The number of imidazole rings is 1. The van der Waals surface area contributed by atoms with E-state index >= 15 is 0 Å².